The predicted molar refractivity (Wildman–Crippen MR) is 89.5 cm³/mol. The molecule has 3 aromatic rings. The normalized spacial score (nSPS) is 10.5. The van der Waals surface area contributed by atoms with E-state index < -0.39 is 0 Å². The van der Waals surface area contributed by atoms with Crippen molar-refractivity contribution in [2.75, 3.05) is 0 Å². The van der Waals surface area contributed by atoms with E-state index in [2.05, 4.69) is 10.3 Å². The van der Waals surface area contributed by atoms with Crippen molar-refractivity contribution in [2.45, 2.75) is 13.0 Å². The molecule has 2 aromatic heterocycles. The van der Waals surface area contributed by atoms with Gasteiger partial charge in [-0.3, -0.25) is 9.78 Å². The number of hydrogen-bond donors (Lipinski definition) is 1. The van der Waals surface area contributed by atoms with Gasteiger partial charge in [0.15, 0.2) is 0 Å². The highest BCUT2D eigenvalue weighted by Crippen LogP contribution is 2.25. The number of benzene rings is 1. The molecule has 0 aliphatic rings. The monoisotopic (exact) mass is 326 g/mol. The number of pyridine rings is 1. The molecule has 0 bridgehead atoms. The topological polar surface area (TPSA) is 42.0 Å². The van der Waals surface area contributed by atoms with E-state index in [9.17, 15) is 9.18 Å². The molecular weight excluding hydrogens is 311 g/mol. The number of carbonyl (C=O) groups is 1. The molecule has 0 spiro atoms. The van der Waals surface area contributed by atoms with Crippen molar-refractivity contribution in [1.82, 2.24) is 10.3 Å². The van der Waals surface area contributed by atoms with Crippen LogP contribution in [0.1, 0.15) is 11.1 Å². The van der Waals surface area contributed by atoms with Gasteiger partial charge < -0.3 is 5.32 Å². The summed E-state index contributed by atoms with van der Waals surface area (Å²) in [5.74, 6) is -0.400. The quantitative estimate of drug-likeness (QED) is 0.775. The van der Waals surface area contributed by atoms with E-state index in [4.69, 9.17) is 0 Å². The Balaban J connectivity index is 1.64. The molecule has 23 heavy (non-hydrogen) atoms. The maximum absolute atomic E-state index is 12.9. The molecule has 2 heterocycles. The van der Waals surface area contributed by atoms with Crippen molar-refractivity contribution in [2.24, 2.45) is 0 Å². The molecule has 0 aliphatic heterocycles. The Bertz CT molecular complexity index is 785. The van der Waals surface area contributed by atoms with Crippen LogP contribution in [0.3, 0.4) is 0 Å². The van der Waals surface area contributed by atoms with Crippen LogP contribution in [0, 0.1) is 5.82 Å². The maximum atomic E-state index is 12.9. The Morgan fingerprint density at radius 2 is 1.96 bits per heavy atom. The Kier molecular flexibility index (Phi) is 4.78. The van der Waals surface area contributed by atoms with Gasteiger partial charge in [-0.2, -0.15) is 0 Å². The van der Waals surface area contributed by atoms with Gasteiger partial charge in [-0.25, -0.2) is 4.39 Å². The average molecular weight is 326 g/mol. The minimum atomic E-state index is -0.301. The fourth-order valence-corrected chi connectivity index (χ4v) is 3.02. The number of nitrogens with zero attached hydrogens (tertiary/aromatic N) is 1. The number of carbonyl (C=O) groups excluding carboxylic acids is 1. The molecule has 3 rings (SSSR count). The SMILES string of the molecule is O=C(Cc1ccc(F)cc1)NCc1cccnc1-c1cccs1. The number of rotatable bonds is 5. The summed E-state index contributed by atoms with van der Waals surface area (Å²) >= 11 is 1.62. The lowest BCUT2D eigenvalue weighted by atomic mass is 10.1. The lowest BCUT2D eigenvalue weighted by molar-refractivity contribution is -0.120. The van der Waals surface area contributed by atoms with E-state index in [1.165, 1.54) is 12.1 Å². The third kappa shape index (κ3) is 4.02. The fourth-order valence-electron chi connectivity index (χ4n) is 2.26. The summed E-state index contributed by atoms with van der Waals surface area (Å²) in [5, 5.41) is 4.90. The van der Waals surface area contributed by atoms with Gasteiger partial charge in [-0.1, -0.05) is 24.3 Å². The smallest absolute Gasteiger partial charge is 0.224 e. The molecule has 1 N–H and O–H groups in total. The fraction of sp³-hybridized carbons (Fsp3) is 0.111. The van der Waals surface area contributed by atoms with Crippen LogP contribution in [0.5, 0.6) is 0 Å². The lowest BCUT2D eigenvalue weighted by Gasteiger charge is -2.09. The predicted octanol–water partition coefficient (Wildman–Crippen LogP) is 3.81. The van der Waals surface area contributed by atoms with Gasteiger partial charge in [0.2, 0.25) is 5.91 Å². The van der Waals surface area contributed by atoms with Crippen molar-refractivity contribution in [3.05, 3.63) is 77.1 Å². The van der Waals surface area contributed by atoms with Crippen LogP contribution in [0.15, 0.2) is 60.1 Å². The second kappa shape index (κ2) is 7.15. The van der Waals surface area contributed by atoms with E-state index in [0.29, 0.717) is 6.54 Å². The van der Waals surface area contributed by atoms with E-state index in [1.807, 2.05) is 29.6 Å². The minimum Gasteiger partial charge on any atom is -0.352 e. The number of halogens is 1. The first-order chi connectivity index (χ1) is 11.2. The van der Waals surface area contributed by atoms with Crippen LogP contribution in [0.25, 0.3) is 10.6 Å². The highest BCUT2D eigenvalue weighted by atomic mass is 32.1. The summed E-state index contributed by atoms with van der Waals surface area (Å²) in [7, 11) is 0. The number of amides is 1. The molecular formula is C18H15FN2OS. The second-order valence-electron chi connectivity index (χ2n) is 5.07. The molecule has 1 amide bonds. The largest absolute Gasteiger partial charge is 0.352 e. The van der Waals surface area contributed by atoms with Crippen molar-refractivity contribution < 1.29 is 9.18 Å². The van der Waals surface area contributed by atoms with E-state index in [0.717, 1.165) is 21.7 Å². The number of hydrogen-bond acceptors (Lipinski definition) is 3. The first-order valence-corrected chi connectivity index (χ1v) is 8.09. The molecule has 0 saturated heterocycles. The van der Waals surface area contributed by atoms with Crippen LogP contribution in [0.2, 0.25) is 0 Å². The summed E-state index contributed by atoms with van der Waals surface area (Å²) in [6, 6.07) is 13.8. The zero-order valence-corrected chi connectivity index (χ0v) is 13.1. The third-order valence-corrected chi connectivity index (χ3v) is 4.28. The number of aromatic nitrogens is 1. The number of nitrogens with one attached hydrogen (secondary N) is 1. The van der Waals surface area contributed by atoms with Crippen LogP contribution >= 0.6 is 11.3 Å². The second-order valence-corrected chi connectivity index (χ2v) is 6.02. The van der Waals surface area contributed by atoms with E-state index in [-0.39, 0.29) is 18.1 Å². The highest BCUT2D eigenvalue weighted by Gasteiger charge is 2.09. The first-order valence-electron chi connectivity index (χ1n) is 7.21. The molecule has 0 saturated carbocycles. The van der Waals surface area contributed by atoms with Crippen LogP contribution < -0.4 is 5.32 Å². The summed E-state index contributed by atoms with van der Waals surface area (Å²) in [5.41, 5.74) is 2.65. The average Bonchev–Trinajstić information content (AvgIpc) is 3.10. The van der Waals surface area contributed by atoms with Crippen molar-refractivity contribution in [1.29, 1.82) is 0 Å². The molecule has 5 heteroatoms. The lowest BCUT2D eigenvalue weighted by Crippen LogP contribution is -2.24. The number of thiophene rings is 1. The van der Waals surface area contributed by atoms with E-state index >= 15 is 0 Å². The van der Waals surface area contributed by atoms with Crippen molar-refractivity contribution >= 4 is 17.2 Å². The summed E-state index contributed by atoms with van der Waals surface area (Å²) < 4.78 is 12.9. The van der Waals surface area contributed by atoms with Crippen molar-refractivity contribution in [3.8, 4) is 10.6 Å². The maximum Gasteiger partial charge on any atom is 0.224 e. The molecule has 0 atom stereocenters. The van der Waals surface area contributed by atoms with Crippen LogP contribution in [0.4, 0.5) is 4.39 Å². The Hall–Kier alpha value is -2.53. The summed E-state index contributed by atoms with van der Waals surface area (Å²) in [4.78, 5) is 17.5. The molecule has 0 fully saturated rings. The zero-order valence-electron chi connectivity index (χ0n) is 12.3. The molecule has 116 valence electrons. The summed E-state index contributed by atoms with van der Waals surface area (Å²) in [6.07, 6.45) is 1.98. The van der Waals surface area contributed by atoms with Crippen molar-refractivity contribution in [3.63, 3.8) is 0 Å². The molecule has 0 unspecified atom stereocenters. The third-order valence-electron chi connectivity index (χ3n) is 3.40. The Labute approximate surface area is 137 Å². The van der Waals surface area contributed by atoms with Gasteiger partial charge >= 0.3 is 0 Å². The van der Waals surface area contributed by atoms with Gasteiger partial charge in [-0.15, -0.1) is 11.3 Å². The highest BCUT2D eigenvalue weighted by molar-refractivity contribution is 7.13. The Morgan fingerprint density at radius 3 is 2.70 bits per heavy atom. The van der Waals surface area contributed by atoms with Gasteiger partial charge in [0.1, 0.15) is 5.82 Å². The summed E-state index contributed by atoms with van der Waals surface area (Å²) in [6.45, 7) is 0.418. The van der Waals surface area contributed by atoms with E-state index in [1.54, 1.807) is 29.7 Å². The molecule has 0 radical (unpaired) electrons. The van der Waals surface area contributed by atoms with Gasteiger partial charge in [0, 0.05) is 12.7 Å². The van der Waals surface area contributed by atoms with Gasteiger partial charge in [0.25, 0.3) is 0 Å². The standard InChI is InChI=1S/C18H15FN2OS/c19-15-7-5-13(6-8-15)11-17(22)21-12-14-3-1-9-20-18(14)16-4-2-10-23-16/h1-10H,11-12H2,(H,21,22). The minimum absolute atomic E-state index is 0.0995. The molecule has 3 nitrogen and oxygen atoms in total. The van der Waals surface area contributed by atoms with Gasteiger partial charge in [0.05, 0.1) is 17.0 Å². The zero-order chi connectivity index (χ0) is 16.1. The molecule has 1 aromatic carbocycles. The van der Waals surface area contributed by atoms with Crippen LogP contribution in [-0.4, -0.2) is 10.9 Å². The first kappa shape index (κ1) is 15.4. The molecule has 0 aliphatic carbocycles. The van der Waals surface area contributed by atoms with Gasteiger partial charge in [-0.05, 0) is 40.8 Å². The Morgan fingerprint density at radius 1 is 1.13 bits per heavy atom. The van der Waals surface area contributed by atoms with Crippen LogP contribution in [-0.2, 0) is 17.8 Å².